The van der Waals surface area contributed by atoms with Crippen molar-refractivity contribution in [2.45, 2.75) is 25.2 Å². The average Bonchev–Trinajstić information content (AvgIpc) is 3.06. The summed E-state index contributed by atoms with van der Waals surface area (Å²) in [5, 5.41) is 0.914. The molecule has 1 aromatic heterocycles. The number of benzene rings is 2. The van der Waals surface area contributed by atoms with Gasteiger partial charge in [-0.15, -0.1) is 0 Å². The number of piperidine rings is 1. The largest absolute Gasteiger partial charge is 0.358 e. The number of amides is 1. The van der Waals surface area contributed by atoms with Gasteiger partial charge in [-0.1, -0.05) is 30.3 Å². The number of rotatable bonds is 3. The molecule has 1 aliphatic heterocycles. The van der Waals surface area contributed by atoms with Crippen LogP contribution >= 0.6 is 0 Å². The van der Waals surface area contributed by atoms with Crippen LogP contribution in [-0.2, 0) is 11.2 Å². The third-order valence-corrected chi connectivity index (χ3v) is 5.09. The van der Waals surface area contributed by atoms with Gasteiger partial charge in [0.05, 0.1) is 6.42 Å². The lowest BCUT2D eigenvalue weighted by molar-refractivity contribution is -0.131. The Morgan fingerprint density at radius 2 is 1.84 bits per heavy atom. The monoisotopic (exact) mass is 336 g/mol. The summed E-state index contributed by atoms with van der Waals surface area (Å²) in [7, 11) is 0. The number of nitrogens with zero attached hydrogens (tertiary/aromatic N) is 1. The second-order valence-corrected chi connectivity index (χ2v) is 6.77. The summed E-state index contributed by atoms with van der Waals surface area (Å²) in [5.74, 6) is 0.388. The number of hydrogen-bond donors (Lipinski definition) is 1. The van der Waals surface area contributed by atoms with Crippen molar-refractivity contribution in [1.29, 1.82) is 0 Å². The number of hydrogen-bond acceptors (Lipinski definition) is 1. The first kappa shape index (κ1) is 15.9. The third kappa shape index (κ3) is 3.43. The van der Waals surface area contributed by atoms with E-state index in [2.05, 4.69) is 4.98 Å². The van der Waals surface area contributed by atoms with Gasteiger partial charge in [0.25, 0.3) is 0 Å². The smallest absolute Gasteiger partial charge is 0.226 e. The molecule has 1 aliphatic rings. The number of halogens is 1. The number of H-pyrrole nitrogens is 1. The zero-order chi connectivity index (χ0) is 17.2. The summed E-state index contributed by atoms with van der Waals surface area (Å²) in [6.07, 6.45) is 2.35. The highest BCUT2D eigenvalue weighted by atomic mass is 19.1. The van der Waals surface area contributed by atoms with Crippen molar-refractivity contribution < 1.29 is 9.18 Å². The molecule has 3 aromatic rings. The van der Waals surface area contributed by atoms with Crippen molar-refractivity contribution in [3.05, 3.63) is 71.7 Å². The molecule has 1 amide bonds. The molecule has 0 unspecified atom stereocenters. The van der Waals surface area contributed by atoms with E-state index in [1.54, 1.807) is 12.1 Å². The second-order valence-electron chi connectivity index (χ2n) is 6.77. The Morgan fingerprint density at radius 1 is 1.08 bits per heavy atom. The van der Waals surface area contributed by atoms with Crippen molar-refractivity contribution in [2.75, 3.05) is 13.1 Å². The van der Waals surface area contributed by atoms with E-state index in [4.69, 9.17) is 0 Å². The number of carbonyl (C=O) groups is 1. The molecule has 0 spiro atoms. The number of aromatic nitrogens is 1. The topological polar surface area (TPSA) is 36.1 Å². The molecule has 3 nitrogen and oxygen atoms in total. The van der Waals surface area contributed by atoms with Gasteiger partial charge in [0.1, 0.15) is 5.82 Å². The first-order valence-corrected chi connectivity index (χ1v) is 8.79. The van der Waals surface area contributed by atoms with E-state index >= 15 is 0 Å². The number of nitrogens with one attached hydrogen (secondary N) is 1. The number of likely N-dealkylation sites (tertiary alicyclic amines) is 1. The first-order chi connectivity index (χ1) is 12.2. The standard InChI is InChI=1S/C21H21FN2O/c22-18-6-7-19-17(13-18)14-20(23-19)16-8-10-24(11-9-16)21(25)12-15-4-2-1-3-5-15/h1-7,13-14,16,23H,8-12H2. The van der Waals surface area contributed by atoms with Gasteiger partial charge in [-0.3, -0.25) is 4.79 Å². The molecule has 0 bridgehead atoms. The molecule has 4 rings (SSSR count). The zero-order valence-electron chi connectivity index (χ0n) is 14.0. The maximum atomic E-state index is 13.3. The molecule has 1 saturated heterocycles. The van der Waals surface area contributed by atoms with Crippen LogP contribution < -0.4 is 0 Å². The van der Waals surface area contributed by atoms with Crippen LogP contribution in [0.25, 0.3) is 10.9 Å². The molecule has 4 heteroatoms. The average molecular weight is 336 g/mol. The second kappa shape index (κ2) is 6.71. The van der Waals surface area contributed by atoms with E-state index in [1.807, 2.05) is 41.3 Å². The Hall–Kier alpha value is -2.62. The van der Waals surface area contributed by atoms with Crippen LogP contribution in [0.2, 0.25) is 0 Å². The Balaban J connectivity index is 1.39. The predicted octanol–water partition coefficient (Wildman–Crippen LogP) is 4.26. The van der Waals surface area contributed by atoms with Crippen LogP contribution in [0.5, 0.6) is 0 Å². The molecule has 0 radical (unpaired) electrons. The predicted molar refractivity (Wildman–Crippen MR) is 97.0 cm³/mol. The van der Waals surface area contributed by atoms with Crippen molar-refractivity contribution >= 4 is 16.8 Å². The minimum atomic E-state index is -0.209. The molecule has 0 saturated carbocycles. The minimum absolute atomic E-state index is 0.198. The van der Waals surface area contributed by atoms with Crippen LogP contribution in [0.3, 0.4) is 0 Å². The summed E-state index contributed by atoms with van der Waals surface area (Å²) in [6.45, 7) is 1.56. The van der Waals surface area contributed by atoms with Gasteiger partial charge in [0.2, 0.25) is 5.91 Å². The van der Waals surface area contributed by atoms with E-state index in [0.29, 0.717) is 12.3 Å². The van der Waals surface area contributed by atoms with Crippen LogP contribution in [0.15, 0.2) is 54.6 Å². The van der Waals surface area contributed by atoms with Gasteiger partial charge in [0.15, 0.2) is 0 Å². The fraction of sp³-hybridized carbons (Fsp3) is 0.286. The lowest BCUT2D eigenvalue weighted by atomic mass is 9.93. The fourth-order valence-corrected chi connectivity index (χ4v) is 3.67. The van der Waals surface area contributed by atoms with E-state index in [9.17, 15) is 9.18 Å². The van der Waals surface area contributed by atoms with Crippen molar-refractivity contribution in [3.8, 4) is 0 Å². The third-order valence-electron chi connectivity index (χ3n) is 5.09. The number of carbonyl (C=O) groups excluding carboxylic acids is 1. The Kier molecular flexibility index (Phi) is 4.26. The highest BCUT2D eigenvalue weighted by molar-refractivity contribution is 5.81. The highest BCUT2D eigenvalue weighted by Crippen LogP contribution is 2.30. The maximum absolute atomic E-state index is 13.3. The molecule has 1 fully saturated rings. The Labute approximate surface area is 146 Å². The van der Waals surface area contributed by atoms with Crippen molar-refractivity contribution in [3.63, 3.8) is 0 Å². The molecule has 1 N–H and O–H groups in total. The molecule has 2 aromatic carbocycles. The summed E-state index contributed by atoms with van der Waals surface area (Å²) in [6, 6.07) is 16.8. The molecule has 128 valence electrons. The Bertz CT molecular complexity index is 879. The summed E-state index contributed by atoms with van der Waals surface area (Å²) in [5.41, 5.74) is 3.18. The maximum Gasteiger partial charge on any atom is 0.226 e. The van der Waals surface area contributed by atoms with E-state index < -0.39 is 0 Å². The van der Waals surface area contributed by atoms with Gasteiger partial charge >= 0.3 is 0 Å². The Morgan fingerprint density at radius 3 is 2.60 bits per heavy atom. The number of aromatic amines is 1. The molecular formula is C21H21FN2O. The van der Waals surface area contributed by atoms with Crippen LogP contribution in [-0.4, -0.2) is 28.9 Å². The molecule has 0 aliphatic carbocycles. The summed E-state index contributed by atoms with van der Waals surface area (Å²) < 4.78 is 13.3. The van der Waals surface area contributed by atoms with Gasteiger partial charge in [-0.05, 0) is 42.7 Å². The van der Waals surface area contributed by atoms with Crippen molar-refractivity contribution in [1.82, 2.24) is 9.88 Å². The van der Waals surface area contributed by atoms with E-state index in [-0.39, 0.29) is 11.7 Å². The normalized spacial score (nSPS) is 15.6. The summed E-state index contributed by atoms with van der Waals surface area (Å²) >= 11 is 0. The number of fused-ring (bicyclic) bond motifs is 1. The lowest BCUT2D eigenvalue weighted by Gasteiger charge is -2.31. The molecular weight excluding hydrogens is 315 g/mol. The lowest BCUT2D eigenvalue weighted by Crippen LogP contribution is -2.38. The summed E-state index contributed by atoms with van der Waals surface area (Å²) in [4.78, 5) is 17.8. The minimum Gasteiger partial charge on any atom is -0.358 e. The van der Waals surface area contributed by atoms with Crippen LogP contribution in [0.1, 0.15) is 30.0 Å². The van der Waals surface area contributed by atoms with Crippen LogP contribution in [0.4, 0.5) is 4.39 Å². The highest BCUT2D eigenvalue weighted by Gasteiger charge is 2.24. The van der Waals surface area contributed by atoms with Gasteiger partial charge < -0.3 is 9.88 Å². The van der Waals surface area contributed by atoms with Crippen LogP contribution in [0, 0.1) is 5.82 Å². The first-order valence-electron chi connectivity index (χ1n) is 8.79. The fourth-order valence-electron chi connectivity index (χ4n) is 3.67. The van der Waals surface area contributed by atoms with E-state index in [0.717, 1.165) is 48.1 Å². The van der Waals surface area contributed by atoms with Gasteiger partial charge in [0, 0.05) is 35.6 Å². The quantitative estimate of drug-likeness (QED) is 0.762. The van der Waals surface area contributed by atoms with Gasteiger partial charge in [-0.25, -0.2) is 4.39 Å². The molecule has 2 heterocycles. The van der Waals surface area contributed by atoms with Gasteiger partial charge in [-0.2, -0.15) is 0 Å². The molecule has 25 heavy (non-hydrogen) atoms. The zero-order valence-corrected chi connectivity index (χ0v) is 14.0. The van der Waals surface area contributed by atoms with Crippen molar-refractivity contribution in [2.24, 2.45) is 0 Å². The molecule has 0 atom stereocenters. The SMILES string of the molecule is O=C(Cc1ccccc1)N1CCC(c2cc3cc(F)ccc3[nH]2)CC1. The van der Waals surface area contributed by atoms with E-state index in [1.165, 1.54) is 6.07 Å².